The highest BCUT2D eigenvalue weighted by molar-refractivity contribution is 5.80. The molecule has 0 unspecified atom stereocenters. The number of hydrogen-bond acceptors (Lipinski definition) is 4. The van der Waals surface area contributed by atoms with Crippen molar-refractivity contribution in [2.24, 2.45) is 12.0 Å². The summed E-state index contributed by atoms with van der Waals surface area (Å²) in [5, 5.41) is 8.26. The third-order valence-electron chi connectivity index (χ3n) is 5.75. The number of ether oxygens (including phenoxy) is 1. The fraction of sp³-hybridized carbons (Fsp3) is 0.565. The van der Waals surface area contributed by atoms with E-state index in [1.165, 1.54) is 17.0 Å². The Hall–Kier alpha value is -2.54. The first-order chi connectivity index (χ1) is 14.7. The molecule has 1 fully saturated rings. The topological polar surface area (TPSA) is 57.9 Å². The van der Waals surface area contributed by atoms with Gasteiger partial charge in [0.1, 0.15) is 12.4 Å². The number of aromatic nitrogens is 2. The number of aryl methyl sites for hydroxylation is 2. The lowest BCUT2D eigenvalue weighted by atomic mass is 10.1. The van der Waals surface area contributed by atoms with Crippen LogP contribution in [0, 0.1) is 0 Å². The summed E-state index contributed by atoms with van der Waals surface area (Å²) in [6.45, 7) is 10.8. The molecule has 2 heterocycles. The largest absolute Gasteiger partial charge is 0.492 e. The number of piperazine rings is 1. The van der Waals surface area contributed by atoms with E-state index in [0.717, 1.165) is 70.4 Å². The molecule has 1 aliphatic heterocycles. The number of benzene rings is 1. The molecule has 1 aromatic heterocycles. The standard InChI is InChI=1S/C23H36N6O/c1-5-21-20(22(6-2)27(4)26-21)18-25-23(24-3)29-14-12-28(13-15-29)16-17-30-19-10-8-7-9-11-19/h7-11H,5-6,12-18H2,1-4H3,(H,24,25). The minimum atomic E-state index is 0.720. The molecular weight excluding hydrogens is 376 g/mol. The van der Waals surface area contributed by atoms with Gasteiger partial charge in [0.05, 0.1) is 5.69 Å². The average Bonchev–Trinajstić information content (AvgIpc) is 3.10. The van der Waals surface area contributed by atoms with Crippen LogP contribution in [0.5, 0.6) is 5.75 Å². The molecule has 30 heavy (non-hydrogen) atoms. The fourth-order valence-corrected chi connectivity index (χ4v) is 4.09. The van der Waals surface area contributed by atoms with Crippen LogP contribution in [-0.2, 0) is 26.4 Å². The van der Waals surface area contributed by atoms with Gasteiger partial charge in [-0.05, 0) is 25.0 Å². The smallest absolute Gasteiger partial charge is 0.194 e. The zero-order valence-electron chi connectivity index (χ0n) is 18.9. The average molecular weight is 413 g/mol. The predicted molar refractivity (Wildman–Crippen MR) is 122 cm³/mol. The predicted octanol–water partition coefficient (Wildman–Crippen LogP) is 2.32. The monoisotopic (exact) mass is 412 g/mol. The van der Waals surface area contributed by atoms with E-state index in [0.29, 0.717) is 0 Å². The number of nitrogens with zero attached hydrogens (tertiary/aromatic N) is 5. The molecule has 1 aliphatic rings. The van der Waals surface area contributed by atoms with E-state index in [2.05, 4.69) is 39.1 Å². The van der Waals surface area contributed by atoms with Gasteiger partial charge in [0, 0.05) is 64.6 Å². The van der Waals surface area contributed by atoms with Gasteiger partial charge in [0.2, 0.25) is 0 Å². The summed E-state index contributed by atoms with van der Waals surface area (Å²) in [6.07, 6.45) is 1.94. The van der Waals surface area contributed by atoms with Gasteiger partial charge in [-0.15, -0.1) is 0 Å². The molecule has 1 aromatic carbocycles. The van der Waals surface area contributed by atoms with Gasteiger partial charge in [-0.2, -0.15) is 5.10 Å². The quantitative estimate of drug-likeness (QED) is 0.533. The van der Waals surface area contributed by atoms with E-state index in [1.807, 2.05) is 49.1 Å². The molecule has 7 nitrogen and oxygen atoms in total. The van der Waals surface area contributed by atoms with E-state index in [4.69, 9.17) is 4.74 Å². The number of rotatable bonds is 8. The number of nitrogens with one attached hydrogen (secondary N) is 1. The summed E-state index contributed by atoms with van der Waals surface area (Å²) in [4.78, 5) is 9.34. The first-order valence-electron chi connectivity index (χ1n) is 11.1. The van der Waals surface area contributed by atoms with Crippen molar-refractivity contribution < 1.29 is 4.74 Å². The van der Waals surface area contributed by atoms with Crippen molar-refractivity contribution >= 4 is 5.96 Å². The maximum Gasteiger partial charge on any atom is 0.194 e. The highest BCUT2D eigenvalue weighted by Gasteiger charge is 2.20. The molecule has 0 spiro atoms. The van der Waals surface area contributed by atoms with E-state index < -0.39 is 0 Å². The Kier molecular flexibility index (Phi) is 8.13. The van der Waals surface area contributed by atoms with E-state index in [1.54, 1.807) is 0 Å². The van der Waals surface area contributed by atoms with Crippen molar-refractivity contribution in [3.63, 3.8) is 0 Å². The Bertz CT molecular complexity index is 809. The van der Waals surface area contributed by atoms with E-state index in [9.17, 15) is 0 Å². The minimum Gasteiger partial charge on any atom is -0.492 e. The van der Waals surface area contributed by atoms with E-state index in [-0.39, 0.29) is 0 Å². The van der Waals surface area contributed by atoms with Gasteiger partial charge in [0.15, 0.2) is 5.96 Å². The fourth-order valence-electron chi connectivity index (χ4n) is 4.09. The lowest BCUT2D eigenvalue weighted by molar-refractivity contribution is 0.152. The molecule has 1 saturated heterocycles. The van der Waals surface area contributed by atoms with Crippen LogP contribution >= 0.6 is 0 Å². The maximum absolute atomic E-state index is 5.84. The number of para-hydroxylation sites is 1. The van der Waals surface area contributed by atoms with Crippen molar-refractivity contribution in [3.8, 4) is 5.75 Å². The molecular formula is C23H36N6O. The number of guanidine groups is 1. The Balaban J connectivity index is 1.46. The molecule has 0 bridgehead atoms. The summed E-state index contributed by atoms with van der Waals surface area (Å²) in [7, 11) is 3.91. The third-order valence-corrected chi connectivity index (χ3v) is 5.75. The molecule has 3 rings (SSSR count). The second-order valence-electron chi connectivity index (χ2n) is 7.59. The highest BCUT2D eigenvalue weighted by atomic mass is 16.5. The molecule has 0 atom stereocenters. The maximum atomic E-state index is 5.84. The zero-order chi connectivity index (χ0) is 21.3. The minimum absolute atomic E-state index is 0.720. The van der Waals surface area contributed by atoms with Gasteiger partial charge in [-0.1, -0.05) is 32.0 Å². The SMILES string of the molecule is CCc1nn(C)c(CC)c1CNC(=NC)N1CCN(CCOc2ccccc2)CC1. The van der Waals surface area contributed by atoms with Crippen LogP contribution in [0.25, 0.3) is 0 Å². The van der Waals surface area contributed by atoms with Crippen LogP contribution in [0.3, 0.4) is 0 Å². The van der Waals surface area contributed by atoms with E-state index >= 15 is 0 Å². The second-order valence-corrected chi connectivity index (χ2v) is 7.59. The zero-order valence-corrected chi connectivity index (χ0v) is 18.9. The lowest BCUT2D eigenvalue weighted by Gasteiger charge is -2.36. The van der Waals surface area contributed by atoms with Gasteiger partial charge in [-0.25, -0.2) is 0 Å². The molecule has 0 amide bonds. The first-order valence-corrected chi connectivity index (χ1v) is 11.1. The summed E-state index contributed by atoms with van der Waals surface area (Å²) in [5.74, 6) is 1.91. The molecule has 1 N–H and O–H groups in total. The number of aliphatic imine (C=N–C) groups is 1. The molecule has 0 aliphatic carbocycles. The molecule has 164 valence electrons. The summed E-state index contributed by atoms with van der Waals surface area (Å²) >= 11 is 0. The van der Waals surface area contributed by atoms with Crippen LogP contribution in [0.2, 0.25) is 0 Å². The van der Waals surface area contributed by atoms with Crippen LogP contribution in [-0.4, -0.2) is 71.9 Å². The van der Waals surface area contributed by atoms with Crippen LogP contribution < -0.4 is 10.1 Å². The summed E-state index contributed by atoms with van der Waals surface area (Å²) < 4.78 is 7.86. The number of hydrogen-bond donors (Lipinski definition) is 1. The van der Waals surface area contributed by atoms with Crippen LogP contribution in [0.1, 0.15) is 30.8 Å². The highest BCUT2D eigenvalue weighted by Crippen LogP contribution is 2.15. The molecule has 0 radical (unpaired) electrons. The Morgan fingerprint density at radius 2 is 1.83 bits per heavy atom. The van der Waals surface area contributed by atoms with Gasteiger partial charge >= 0.3 is 0 Å². The van der Waals surface area contributed by atoms with Crippen molar-refractivity contribution in [1.82, 2.24) is 24.9 Å². The Morgan fingerprint density at radius 3 is 2.47 bits per heavy atom. The second kappa shape index (κ2) is 11.0. The summed E-state index contributed by atoms with van der Waals surface area (Å²) in [5.41, 5.74) is 3.80. The molecule has 7 heteroatoms. The first kappa shape index (κ1) is 22.2. The molecule has 0 saturated carbocycles. The Labute approximate surface area is 180 Å². The normalized spacial score (nSPS) is 15.5. The van der Waals surface area contributed by atoms with Crippen LogP contribution in [0.15, 0.2) is 35.3 Å². The van der Waals surface area contributed by atoms with Gasteiger partial charge in [-0.3, -0.25) is 14.6 Å². The lowest BCUT2D eigenvalue weighted by Crippen LogP contribution is -2.52. The van der Waals surface area contributed by atoms with Gasteiger partial charge in [0.25, 0.3) is 0 Å². The third kappa shape index (κ3) is 5.53. The van der Waals surface area contributed by atoms with Crippen molar-refractivity contribution in [3.05, 3.63) is 47.3 Å². The van der Waals surface area contributed by atoms with Crippen molar-refractivity contribution in [2.75, 3.05) is 46.4 Å². The summed E-state index contributed by atoms with van der Waals surface area (Å²) in [6, 6.07) is 10.0. The Morgan fingerprint density at radius 1 is 1.10 bits per heavy atom. The van der Waals surface area contributed by atoms with Gasteiger partial charge < -0.3 is 15.0 Å². The molecule has 2 aromatic rings. The van der Waals surface area contributed by atoms with Crippen molar-refractivity contribution in [1.29, 1.82) is 0 Å². The van der Waals surface area contributed by atoms with Crippen LogP contribution in [0.4, 0.5) is 0 Å². The van der Waals surface area contributed by atoms with Crippen molar-refractivity contribution in [2.45, 2.75) is 33.2 Å².